The highest BCUT2D eigenvalue weighted by Crippen LogP contribution is 2.22. The van der Waals surface area contributed by atoms with Crippen LogP contribution in [0.5, 0.6) is 0 Å². The summed E-state index contributed by atoms with van der Waals surface area (Å²) in [6.07, 6.45) is 2.53. The maximum Gasteiger partial charge on any atom is 0.184 e. The Balaban J connectivity index is 3.12. The number of hydrogen-bond donors (Lipinski definition) is 0. The summed E-state index contributed by atoms with van der Waals surface area (Å²) in [6.45, 7) is 0. The first-order valence-electron chi connectivity index (χ1n) is 1.61. The van der Waals surface area contributed by atoms with E-state index in [9.17, 15) is 0 Å². The highest BCUT2D eigenvalue weighted by Gasteiger charge is 1.94. The van der Waals surface area contributed by atoms with Gasteiger partial charge in [0.1, 0.15) is 0 Å². The summed E-state index contributed by atoms with van der Waals surface area (Å²) in [5.74, 6) is 0. The van der Waals surface area contributed by atoms with Crippen molar-refractivity contribution in [2.24, 2.45) is 0 Å². The summed E-state index contributed by atoms with van der Waals surface area (Å²) < 4.78 is 6.29. The predicted molar refractivity (Wildman–Crippen MR) is 32.9 cm³/mol. The fourth-order valence-electron chi connectivity index (χ4n) is 0.238. The van der Waals surface area contributed by atoms with Gasteiger partial charge in [-0.1, -0.05) is 0 Å². The monoisotopic (exact) mass is 223 g/mol. The van der Waals surface area contributed by atoms with Crippen molar-refractivity contribution < 1.29 is 4.42 Å². The number of halogens is 2. The van der Waals surface area contributed by atoms with Gasteiger partial charge in [-0.15, -0.1) is 0 Å². The van der Waals surface area contributed by atoms with E-state index < -0.39 is 0 Å². The van der Waals surface area contributed by atoms with Crippen LogP contribution >= 0.6 is 31.9 Å². The van der Waals surface area contributed by atoms with Crippen LogP contribution in [0.1, 0.15) is 0 Å². The summed E-state index contributed by atoms with van der Waals surface area (Å²) in [7, 11) is 0. The molecule has 0 bridgehead atoms. The number of furan rings is 1. The zero-order chi connectivity index (χ0) is 5.28. The Labute approximate surface area is 58.0 Å². The van der Waals surface area contributed by atoms with E-state index in [4.69, 9.17) is 4.42 Å². The molecule has 0 unspecified atom stereocenters. The van der Waals surface area contributed by atoms with Crippen molar-refractivity contribution in [1.82, 2.24) is 0 Å². The Morgan fingerprint density at radius 1 is 1.57 bits per heavy atom. The molecule has 0 amide bonds. The molecule has 0 N–H and O–H groups in total. The lowest BCUT2D eigenvalue weighted by Gasteiger charge is -1.73. The molecular weight excluding hydrogens is 224 g/mol. The molecule has 1 aromatic heterocycles. The molecule has 7 heavy (non-hydrogen) atoms. The molecule has 3 heteroatoms. The third kappa shape index (κ3) is 1.07. The van der Waals surface area contributed by atoms with Gasteiger partial charge in [-0.05, 0) is 31.9 Å². The Bertz CT molecular complexity index is 142. The van der Waals surface area contributed by atoms with Crippen LogP contribution in [0, 0.1) is 6.26 Å². The van der Waals surface area contributed by atoms with Crippen LogP contribution in [-0.2, 0) is 0 Å². The lowest BCUT2D eigenvalue weighted by Crippen LogP contribution is -1.46. The van der Waals surface area contributed by atoms with Gasteiger partial charge in [0.15, 0.2) is 10.9 Å². The van der Waals surface area contributed by atoms with Gasteiger partial charge in [0.25, 0.3) is 0 Å². The molecule has 0 aliphatic rings. The molecule has 0 saturated carbocycles. The lowest BCUT2D eigenvalue weighted by molar-refractivity contribution is 0.531. The Hall–Kier alpha value is 0.240. The highest BCUT2D eigenvalue weighted by molar-refractivity contribution is 9.13. The molecule has 1 heterocycles. The molecule has 0 aromatic carbocycles. The summed E-state index contributed by atoms with van der Waals surface area (Å²) in [5, 5.41) is 0. The molecule has 0 fully saturated rings. The van der Waals surface area contributed by atoms with Gasteiger partial charge >= 0.3 is 0 Å². The van der Waals surface area contributed by atoms with Gasteiger partial charge in [-0.2, -0.15) is 0 Å². The van der Waals surface area contributed by atoms with E-state index in [1.807, 2.05) is 0 Å². The van der Waals surface area contributed by atoms with Crippen molar-refractivity contribution in [1.29, 1.82) is 0 Å². The molecule has 1 rings (SSSR count). The number of hydrogen-bond acceptors (Lipinski definition) is 1. The summed E-state index contributed by atoms with van der Waals surface area (Å²) in [4.78, 5) is 0. The largest absolute Gasteiger partial charge is 0.445 e. The topological polar surface area (TPSA) is 13.1 Å². The first-order chi connectivity index (χ1) is 3.30. The third-order valence-corrected chi connectivity index (χ3v) is 2.23. The first-order valence-corrected chi connectivity index (χ1v) is 3.20. The molecule has 0 aliphatic carbocycles. The van der Waals surface area contributed by atoms with Gasteiger partial charge < -0.3 is 4.42 Å². The maximum atomic E-state index is 4.71. The highest BCUT2D eigenvalue weighted by atomic mass is 79.9. The molecule has 37 valence electrons. The fraction of sp³-hybridized carbons (Fsp3) is 0. The molecular formula is C4HBr2O. The van der Waals surface area contributed by atoms with Gasteiger partial charge in [0.2, 0.25) is 0 Å². The van der Waals surface area contributed by atoms with Crippen molar-refractivity contribution >= 4 is 31.9 Å². The number of rotatable bonds is 0. The van der Waals surface area contributed by atoms with Crippen LogP contribution in [0.3, 0.4) is 0 Å². The summed E-state index contributed by atoms with van der Waals surface area (Å²) in [6, 6.07) is 1.70. The third-order valence-electron chi connectivity index (χ3n) is 0.522. The Morgan fingerprint density at radius 3 is 2.43 bits per heavy atom. The molecule has 0 aliphatic heterocycles. The minimum Gasteiger partial charge on any atom is -0.445 e. The average molecular weight is 225 g/mol. The normalized spacial score (nSPS) is 9.43. The van der Waals surface area contributed by atoms with Crippen LogP contribution in [0.4, 0.5) is 0 Å². The van der Waals surface area contributed by atoms with Crippen LogP contribution in [0.2, 0.25) is 0 Å². The molecule has 0 saturated heterocycles. The fourth-order valence-corrected chi connectivity index (χ4v) is 0.621. The maximum absolute atomic E-state index is 4.71. The van der Waals surface area contributed by atoms with E-state index >= 15 is 0 Å². The predicted octanol–water partition coefficient (Wildman–Crippen LogP) is 2.60. The minimum atomic E-state index is 0.688. The molecule has 0 spiro atoms. The van der Waals surface area contributed by atoms with Crippen molar-refractivity contribution in [3.05, 3.63) is 21.5 Å². The van der Waals surface area contributed by atoms with Crippen molar-refractivity contribution in [3.8, 4) is 0 Å². The van der Waals surface area contributed by atoms with E-state index in [1.54, 1.807) is 6.07 Å². The molecule has 1 aromatic rings. The molecule has 0 atom stereocenters. The Kier molecular flexibility index (Phi) is 1.54. The van der Waals surface area contributed by atoms with Crippen LogP contribution < -0.4 is 0 Å². The van der Waals surface area contributed by atoms with E-state index in [1.165, 1.54) is 0 Å². The van der Waals surface area contributed by atoms with Gasteiger partial charge in [-0.3, -0.25) is 0 Å². The van der Waals surface area contributed by atoms with Crippen molar-refractivity contribution in [3.63, 3.8) is 0 Å². The standard InChI is InChI=1S/C4HBr2O/c5-3-1-2-7-4(3)6/h1H. The van der Waals surface area contributed by atoms with Crippen LogP contribution in [-0.4, -0.2) is 0 Å². The quantitative estimate of drug-likeness (QED) is 0.661. The van der Waals surface area contributed by atoms with E-state index in [0.29, 0.717) is 4.67 Å². The Morgan fingerprint density at radius 2 is 2.29 bits per heavy atom. The van der Waals surface area contributed by atoms with E-state index in [2.05, 4.69) is 38.1 Å². The molecule has 1 nitrogen and oxygen atoms in total. The lowest BCUT2D eigenvalue weighted by atomic mass is 10.7. The zero-order valence-corrected chi connectivity index (χ0v) is 6.41. The van der Waals surface area contributed by atoms with Gasteiger partial charge in [0.05, 0.1) is 4.47 Å². The summed E-state index contributed by atoms with van der Waals surface area (Å²) >= 11 is 6.31. The second-order valence-corrected chi connectivity index (χ2v) is 2.56. The smallest absolute Gasteiger partial charge is 0.184 e. The second-order valence-electron chi connectivity index (χ2n) is 0.986. The molecule has 1 radical (unpaired) electrons. The first kappa shape index (κ1) is 5.38. The van der Waals surface area contributed by atoms with E-state index in [0.717, 1.165) is 4.47 Å². The van der Waals surface area contributed by atoms with E-state index in [-0.39, 0.29) is 0 Å². The minimum absolute atomic E-state index is 0.688. The van der Waals surface area contributed by atoms with Gasteiger partial charge in [0, 0.05) is 6.07 Å². The van der Waals surface area contributed by atoms with Crippen LogP contribution in [0.15, 0.2) is 19.6 Å². The van der Waals surface area contributed by atoms with Crippen LogP contribution in [0.25, 0.3) is 0 Å². The van der Waals surface area contributed by atoms with Gasteiger partial charge in [-0.25, -0.2) is 0 Å². The van der Waals surface area contributed by atoms with Crippen molar-refractivity contribution in [2.45, 2.75) is 0 Å². The average Bonchev–Trinajstić information content (AvgIpc) is 1.91. The zero-order valence-electron chi connectivity index (χ0n) is 3.24. The second kappa shape index (κ2) is 2.01. The van der Waals surface area contributed by atoms with Crippen molar-refractivity contribution in [2.75, 3.05) is 0 Å². The SMILES string of the molecule is Brc1c[c]oc1Br. The summed E-state index contributed by atoms with van der Waals surface area (Å²) in [5.41, 5.74) is 0.